The lowest BCUT2D eigenvalue weighted by Gasteiger charge is -2.27. The normalized spacial score (nSPS) is 15.6. The van der Waals surface area contributed by atoms with Gasteiger partial charge >= 0.3 is 0 Å². The summed E-state index contributed by atoms with van der Waals surface area (Å²) in [6.45, 7) is 1.30. The van der Waals surface area contributed by atoms with Crippen molar-refractivity contribution in [3.8, 4) is 11.1 Å². The first kappa shape index (κ1) is 21.6. The molecule has 0 radical (unpaired) electrons. The summed E-state index contributed by atoms with van der Waals surface area (Å²) in [4.78, 5) is 20.0. The molecule has 1 aliphatic carbocycles. The van der Waals surface area contributed by atoms with Crippen LogP contribution in [0.15, 0.2) is 71.8 Å². The van der Waals surface area contributed by atoms with Gasteiger partial charge in [-0.2, -0.15) is 0 Å². The van der Waals surface area contributed by atoms with Crippen molar-refractivity contribution in [1.82, 2.24) is 9.88 Å². The van der Waals surface area contributed by atoms with Crippen LogP contribution in [0.2, 0.25) is 0 Å². The van der Waals surface area contributed by atoms with Crippen molar-refractivity contribution in [2.24, 2.45) is 0 Å². The number of pyridine rings is 1. The Morgan fingerprint density at radius 3 is 2.73 bits per heavy atom. The van der Waals surface area contributed by atoms with E-state index in [1.807, 2.05) is 46.8 Å². The standard InChI is InChI=1S/C25H23N3O3S2/c1-33(30,31)27-20-5-2-4-18(14-20)19-15-22-21(7-8-23(22)26-16-19)17-9-11-28(12-10-17)25(29)24-6-3-13-32-24/h2-7,9,13-16,27H,8,10-12H2,1H3. The van der Waals surface area contributed by atoms with Crippen LogP contribution in [0.25, 0.3) is 16.7 Å². The summed E-state index contributed by atoms with van der Waals surface area (Å²) in [7, 11) is -3.34. The molecule has 1 aliphatic heterocycles. The number of anilines is 1. The molecule has 0 bridgehead atoms. The molecule has 33 heavy (non-hydrogen) atoms. The second-order valence-corrected chi connectivity index (χ2v) is 10.9. The van der Waals surface area contributed by atoms with Gasteiger partial charge in [-0.1, -0.05) is 30.4 Å². The van der Waals surface area contributed by atoms with Crippen LogP contribution in [0.1, 0.15) is 27.3 Å². The van der Waals surface area contributed by atoms with E-state index in [1.165, 1.54) is 22.5 Å². The smallest absolute Gasteiger partial charge is 0.264 e. The van der Waals surface area contributed by atoms with Crippen molar-refractivity contribution < 1.29 is 13.2 Å². The van der Waals surface area contributed by atoms with E-state index in [4.69, 9.17) is 0 Å². The number of nitrogens with zero attached hydrogens (tertiary/aromatic N) is 2. The molecule has 1 aromatic carbocycles. The third-order valence-corrected chi connectivity index (χ3v) is 7.30. The molecule has 3 aromatic rings. The molecule has 6 nitrogen and oxygen atoms in total. The SMILES string of the molecule is CS(=O)(=O)Nc1cccc(-c2cnc3c(c2)C(C2=CCN(C(=O)c4cccs4)CC2)=CC3)c1. The first-order chi connectivity index (χ1) is 15.9. The van der Waals surface area contributed by atoms with Gasteiger partial charge in [0.15, 0.2) is 0 Å². The number of benzene rings is 1. The number of sulfonamides is 1. The highest BCUT2D eigenvalue weighted by molar-refractivity contribution is 7.92. The zero-order valence-electron chi connectivity index (χ0n) is 18.1. The number of aromatic nitrogens is 1. The van der Waals surface area contributed by atoms with E-state index < -0.39 is 10.0 Å². The second kappa shape index (κ2) is 8.61. The quantitative estimate of drug-likeness (QED) is 0.583. The van der Waals surface area contributed by atoms with Crippen molar-refractivity contribution in [3.63, 3.8) is 0 Å². The summed E-state index contributed by atoms with van der Waals surface area (Å²) in [6, 6.07) is 13.2. The Morgan fingerprint density at radius 2 is 2.00 bits per heavy atom. The number of carbonyl (C=O) groups excluding carboxylic acids is 1. The Hall–Kier alpha value is -3.23. The van der Waals surface area contributed by atoms with E-state index in [9.17, 15) is 13.2 Å². The van der Waals surface area contributed by atoms with Crippen LogP contribution in [0.3, 0.4) is 0 Å². The lowest BCUT2D eigenvalue weighted by atomic mass is 9.94. The summed E-state index contributed by atoms with van der Waals surface area (Å²) >= 11 is 1.48. The molecule has 3 heterocycles. The number of hydrogen-bond donors (Lipinski definition) is 1. The van der Waals surface area contributed by atoms with Gasteiger partial charge in [-0.3, -0.25) is 14.5 Å². The Morgan fingerprint density at radius 1 is 1.12 bits per heavy atom. The van der Waals surface area contributed by atoms with Crippen molar-refractivity contribution in [1.29, 1.82) is 0 Å². The molecule has 0 spiro atoms. The first-order valence-corrected chi connectivity index (χ1v) is 13.4. The summed E-state index contributed by atoms with van der Waals surface area (Å²) in [5.74, 6) is 0.0904. The number of hydrogen-bond acceptors (Lipinski definition) is 5. The van der Waals surface area contributed by atoms with E-state index in [1.54, 1.807) is 6.07 Å². The van der Waals surface area contributed by atoms with E-state index in [0.29, 0.717) is 18.8 Å². The van der Waals surface area contributed by atoms with Crippen LogP contribution in [-0.4, -0.2) is 43.6 Å². The van der Waals surface area contributed by atoms with Gasteiger partial charge in [-0.05, 0) is 52.8 Å². The van der Waals surface area contributed by atoms with Gasteiger partial charge in [0.05, 0.1) is 16.8 Å². The van der Waals surface area contributed by atoms with E-state index in [0.717, 1.165) is 46.4 Å². The van der Waals surface area contributed by atoms with Gasteiger partial charge in [0, 0.05) is 42.5 Å². The molecule has 0 fully saturated rings. The van der Waals surface area contributed by atoms with Crippen LogP contribution in [0.4, 0.5) is 5.69 Å². The maximum atomic E-state index is 12.6. The summed E-state index contributed by atoms with van der Waals surface area (Å²) in [5.41, 5.74) is 6.94. The summed E-state index contributed by atoms with van der Waals surface area (Å²) < 4.78 is 25.7. The Balaban J connectivity index is 1.38. The lowest BCUT2D eigenvalue weighted by Crippen LogP contribution is -2.34. The van der Waals surface area contributed by atoms with E-state index >= 15 is 0 Å². The van der Waals surface area contributed by atoms with E-state index in [2.05, 4.69) is 27.9 Å². The van der Waals surface area contributed by atoms with Crippen LogP contribution >= 0.6 is 11.3 Å². The van der Waals surface area contributed by atoms with Gasteiger partial charge in [-0.25, -0.2) is 8.42 Å². The molecular weight excluding hydrogens is 454 g/mol. The van der Waals surface area contributed by atoms with Gasteiger partial charge < -0.3 is 4.90 Å². The number of carbonyl (C=O) groups is 1. The highest BCUT2D eigenvalue weighted by Gasteiger charge is 2.24. The highest BCUT2D eigenvalue weighted by atomic mass is 32.2. The fraction of sp³-hybridized carbons (Fsp3) is 0.200. The second-order valence-electron chi connectivity index (χ2n) is 8.20. The number of fused-ring (bicyclic) bond motifs is 1. The number of amides is 1. The molecule has 0 saturated heterocycles. The molecule has 5 rings (SSSR count). The van der Waals surface area contributed by atoms with Crippen LogP contribution in [-0.2, 0) is 16.4 Å². The number of rotatable bonds is 5. The van der Waals surface area contributed by atoms with Crippen molar-refractivity contribution in [2.75, 3.05) is 24.1 Å². The molecule has 168 valence electrons. The predicted molar refractivity (Wildman–Crippen MR) is 133 cm³/mol. The number of nitrogens with one attached hydrogen (secondary N) is 1. The minimum atomic E-state index is -3.34. The molecule has 0 saturated carbocycles. The Bertz CT molecular complexity index is 1390. The minimum Gasteiger partial charge on any atom is -0.334 e. The summed E-state index contributed by atoms with van der Waals surface area (Å²) in [6.07, 6.45) is 8.94. The van der Waals surface area contributed by atoms with Gasteiger partial charge in [0.1, 0.15) is 0 Å². The zero-order chi connectivity index (χ0) is 23.0. The molecule has 2 aliphatic rings. The van der Waals surface area contributed by atoms with Crippen molar-refractivity contribution in [3.05, 3.63) is 87.9 Å². The van der Waals surface area contributed by atoms with Gasteiger partial charge in [0.2, 0.25) is 10.0 Å². The maximum absolute atomic E-state index is 12.6. The maximum Gasteiger partial charge on any atom is 0.264 e. The topological polar surface area (TPSA) is 79.4 Å². The lowest BCUT2D eigenvalue weighted by molar-refractivity contribution is 0.0774. The van der Waals surface area contributed by atoms with Crippen LogP contribution in [0, 0.1) is 0 Å². The third-order valence-electron chi connectivity index (χ3n) is 5.83. The fourth-order valence-corrected chi connectivity index (χ4v) is 5.54. The zero-order valence-corrected chi connectivity index (χ0v) is 19.7. The van der Waals surface area contributed by atoms with Gasteiger partial charge in [0.25, 0.3) is 5.91 Å². The number of allylic oxidation sites excluding steroid dienone is 2. The first-order valence-electron chi connectivity index (χ1n) is 10.7. The van der Waals surface area contributed by atoms with Crippen molar-refractivity contribution >= 4 is 38.5 Å². The molecule has 0 unspecified atom stereocenters. The largest absolute Gasteiger partial charge is 0.334 e. The third kappa shape index (κ3) is 4.62. The number of thiophene rings is 1. The van der Waals surface area contributed by atoms with E-state index in [-0.39, 0.29) is 5.91 Å². The minimum absolute atomic E-state index is 0.0904. The molecule has 0 atom stereocenters. The van der Waals surface area contributed by atoms with Crippen molar-refractivity contribution in [2.45, 2.75) is 12.8 Å². The fourth-order valence-electron chi connectivity index (χ4n) is 4.29. The molecule has 1 amide bonds. The van der Waals surface area contributed by atoms with Crippen LogP contribution < -0.4 is 4.72 Å². The molecular formula is C25H23N3O3S2. The predicted octanol–water partition coefficient (Wildman–Crippen LogP) is 4.59. The highest BCUT2D eigenvalue weighted by Crippen LogP contribution is 2.37. The van der Waals surface area contributed by atoms with Crippen LogP contribution in [0.5, 0.6) is 0 Å². The molecule has 2 aromatic heterocycles. The molecule has 8 heteroatoms. The average molecular weight is 478 g/mol. The average Bonchev–Trinajstić information content (AvgIpc) is 3.48. The van der Waals surface area contributed by atoms with Gasteiger partial charge in [-0.15, -0.1) is 11.3 Å². The Kier molecular flexibility index (Phi) is 5.64. The Labute approximate surface area is 197 Å². The monoisotopic (exact) mass is 477 g/mol. The summed E-state index contributed by atoms with van der Waals surface area (Å²) in [5, 5.41) is 1.93. The molecule has 1 N–H and O–H groups in total.